The minimum atomic E-state index is -1.33. The van der Waals surface area contributed by atoms with Crippen molar-refractivity contribution in [3.63, 3.8) is 0 Å². The average Bonchev–Trinajstić information content (AvgIpc) is 2.77. The van der Waals surface area contributed by atoms with Crippen molar-refractivity contribution in [2.45, 2.75) is 5.88 Å². The topological polar surface area (TPSA) is 69.2 Å². The second-order valence-corrected chi connectivity index (χ2v) is 3.56. The largest absolute Gasteiger partial charge is 0.444 e. The van der Waals surface area contributed by atoms with Gasteiger partial charge >= 0.3 is 5.69 Å². The van der Waals surface area contributed by atoms with E-state index in [4.69, 9.17) is 16.0 Å². The fourth-order valence-corrected chi connectivity index (χ4v) is 1.48. The zero-order valence-electron chi connectivity index (χ0n) is 8.69. The molecule has 94 valence electrons. The van der Waals surface area contributed by atoms with Gasteiger partial charge in [0.05, 0.1) is 16.5 Å². The Morgan fingerprint density at radius 1 is 1.44 bits per heavy atom. The molecule has 0 N–H and O–H groups in total. The first-order valence-electron chi connectivity index (χ1n) is 4.67. The van der Waals surface area contributed by atoms with Crippen LogP contribution in [0.15, 0.2) is 22.8 Å². The SMILES string of the molecule is O=[N+]([O-])c1ccc(F)c(-c2nc(CCl)co2)c1F. The van der Waals surface area contributed by atoms with Crippen LogP contribution in [-0.4, -0.2) is 9.91 Å². The van der Waals surface area contributed by atoms with Gasteiger partial charge in [0.15, 0.2) is 0 Å². The third-order valence-electron chi connectivity index (χ3n) is 2.17. The van der Waals surface area contributed by atoms with Gasteiger partial charge in [0, 0.05) is 6.07 Å². The third-order valence-corrected chi connectivity index (χ3v) is 2.44. The number of hydrogen-bond acceptors (Lipinski definition) is 4. The van der Waals surface area contributed by atoms with Crippen LogP contribution in [0, 0.1) is 21.7 Å². The number of rotatable bonds is 3. The smallest absolute Gasteiger partial charge is 0.305 e. The van der Waals surface area contributed by atoms with Gasteiger partial charge in [-0.3, -0.25) is 10.1 Å². The van der Waals surface area contributed by atoms with E-state index < -0.39 is 27.8 Å². The molecule has 18 heavy (non-hydrogen) atoms. The Labute approximate surface area is 104 Å². The van der Waals surface area contributed by atoms with Crippen molar-refractivity contribution >= 4 is 17.3 Å². The number of oxazole rings is 1. The standard InChI is InChI=1S/C10H5ClF2N2O3/c11-3-5-4-18-10(14-5)8-6(12)1-2-7(9(8)13)15(16)17/h1-2,4H,3H2. The molecule has 0 spiro atoms. The number of alkyl halides is 1. The summed E-state index contributed by atoms with van der Waals surface area (Å²) in [5, 5.41) is 10.5. The summed E-state index contributed by atoms with van der Waals surface area (Å²) in [4.78, 5) is 13.3. The molecule has 1 heterocycles. The molecule has 0 amide bonds. The van der Waals surface area contributed by atoms with Gasteiger partial charge in [-0.25, -0.2) is 9.37 Å². The number of benzene rings is 1. The summed E-state index contributed by atoms with van der Waals surface area (Å²) in [6.45, 7) is 0. The molecule has 2 aromatic rings. The molecule has 0 unspecified atom stereocenters. The zero-order valence-corrected chi connectivity index (χ0v) is 9.45. The number of nitrogens with zero attached hydrogens (tertiary/aromatic N) is 2. The lowest BCUT2D eigenvalue weighted by molar-refractivity contribution is -0.387. The lowest BCUT2D eigenvalue weighted by Gasteiger charge is -2.00. The highest BCUT2D eigenvalue weighted by Crippen LogP contribution is 2.31. The van der Waals surface area contributed by atoms with Crippen molar-refractivity contribution in [3.8, 4) is 11.5 Å². The number of halogens is 3. The van der Waals surface area contributed by atoms with E-state index in [-0.39, 0.29) is 17.5 Å². The van der Waals surface area contributed by atoms with Crippen molar-refractivity contribution in [3.05, 3.63) is 45.8 Å². The number of hydrogen-bond donors (Lipinski definition) is 0. The van der Waals surface area contributed by atoms with E-state index in [1.165, 1.54) is 0 Å². The van der Waals surface area contributed by atoms with E-state index in [1.807, 2.05) is 0 Å². The van der Waals surface area contributed by atoms with Gasteiger partial charge in [-0.2, -0.15) is 4.39 Å². The molecule has 5 nitrogen and oxygen atoms in total. The van der Waals surface area contributed by atoms with Crippen molar-refractivity contribution in [2.75, 3.05) is 0 Å². The molecule has 1 aromatic heterocycles. The predicted molar refractivity (Wildman–Crippen MR) is 58.1 cm³/mol. The Hall–Kier alpha value is -2.02. The maximum absolute atomic E-state index is 13.8. The van der Waals surface area contributed by atoms with Gasteiger partial charge in [0.2, 0.25) is 11.7 Å². The predicted octanol–water partition coefficient (Wildman–Crippen LogP) is 3.27. The fourth-order valence-electron chi connectivity index (χ4n) is 1.36. The second-order valence-electron chi connectivity index (χ2n) is 3.29. The summed E-state index contributed by atoms with van der Waals surface area (Å²) in [5.41, 5.74) is -1.26. The Balaban J connectivity index is 2.62. The van der Waals surface area contributed by atoms with Crippen LogP contribution in [0.25, 0.3) is 11.5 Å². The highest BCUT2D eigenvalue weighted by molar-refractivity contribution is 6.16. The zero-order chi connectivity index (χ0) is 13.3. The van der Waals surface area contributed by atoms with Gasteiger partial charge in [0.25, 0.3) is 0 Å². The van der Waals surface area contributed by atoms with Gasteiger partial charge in [-0.05, 0) is 6.07 Å². The Bertz CT molecular complexity index is 615. The first-order valence-corrected chi connectivity index (χ1v) is 5.21. The second kappa shape index (κ2) is 4.69. The van der Waals surface area contributed by atoms with E-state index in [9.17, 15) is 18.9 Å². The van der Waals surface area contributed by atoms with Crippen LogP contribution in [0.5, 0.6) is 0 Å². The average molecular weight is 275 g/mol. The Morgan fingerprint density at radius 2 is 2.17 bits per heavy atom. The van der Waals surface area contributed by atoms with E-state index >= 15 is 0 Å². The monoisotopic (exact) mass is 274 g/mol. The molecule has 2 rings (SSSR count). The maximum Gasteiger partial charge on any atom is 0.305 e. The highest BCUT2D eigenvalue weighted by Gasteiger charge is 2.25. The molecular weight excluding hydrogens is 270 g/mol. The quantitative estimate of drug-likeness (QED) is 0.489. The Morgan fingerprint density at radius 3 is 2.72 bits per heavy atom. The molecule has 0 aliphatic heterocycles. The normalized spacial score (nSPS) is 10.6. The lowest BCUT2D eigenvalue weighted by atomic mass is 10.1. The van der Waals surface area contributed by atoms with Crippen LogP contribution in [0.2, 0.25) is 0 Å². The minimum Gasteiger partial charge on any atom is -0.444 e. The summed E-state index contributed by atoms with van der Waals surface area (Å²) in [6.07, 6.45) is 1.13. The third kappa shape index (κ3) is 2.04. The van der Waals surface area contributed by atoms with E-state index in [2.05, 4.69) is 4.98 Å². The molecule has 0 aliphatic carbocycles. The van der Waals surface area contributed by atoms with Crippen molar-refractivity contribution in [1.82, 2.24) is 4.98 Å². The Kier molecular flexibility index (Phi) is 3.24. The lowest BCUT2D eigenvalue weighted by Crippen LogP contribution is -1.98. The summed E-state index contributed by atoms with van der Waals surface area (Å²) >= 11 is 5.47. The van der Waals surface area contributed by atoms with Crippen LogP contribution < -0.4 is 0 Å². The van der Waals surface area contributed by atoms with E-state index in [0.717, 1.165) is 18.4 Å². The molecule has 0 fully saturated rings. The van der Waals surface area contributed by atoms with Crippen LogP contribution in [-0.2, 0) is 5.88 Å². The molecule has 0 aliphatic rings. The van der Waals surface area contributed by atoms with E-state index in [0.29, 0.717) is 0 Å². The fraction of sp³-hybridized carbons (Fsp3) is 0.100. The van der Waals surface area contributed by atoms with Crippen LogP contribution in [0.4, 0.5) is 14.5 Å². The van der Waals surface area contributed by atoms with Gasteiger partial charge in [-0.15, -0.1) is 11.6 Å². The molecule has 0 saturated heterocycles. The summed E-state index contributed by atoms with van der Waals surface area (Å²) in [5.74, 6) is -2.71. The minimum absolute atomic E-state index is 0.00165. The van der Waals surface area contributed by atoms with Crippen LogP contribution in [0.3, 0.4) is 0 Å². The molecule has 1 aromatic carbocycles. The summed E-state index contributed by atoms with van der Waals surface area (Å²) < 4.78 is 32.1. The molecule has 0 bridgehead atoms. The molecule has 0 atom stereocenters. The van der Waals surface area contributed by atoms with Crippen LogP contribution in [0.1, 0.15) is 5.69 Å². The van der Waals surface area contributed by atoms with Gasteiger partial charge < -0.3 is 4.42 Å². The first-order chi connectivity index (χ1) is 8.54. The van der Waals surface area contributed by atoms with Gasteiger partial charge in [0.1, 0.15) is 17.6 Å². The van der Waals surface area contributed by atoms with E-state index in [1.54, 1.807) is 0 Å². The molecule has 8 heteroatoms. The summed E-state index contributed by atoms with van der Waals surface area (Å²) in [7, 11) is 0. The molecule has 0 radical (unpaired) electrons. The van der Waals surface area contributed by atoms with Gasteiger partial charge in [-0.1, -0.05) is 0 Å². The highest BCUT2D eigenvalue weighted by atomic mass is 35.5. The van der Waals surface area contributed by atoms with Crippen LogP contribution >= 0.6 is 11.6 Å². The van der Waals surface area contributed by atoms with Crippen molar-refractivity contribution in [2.24, 2.45) is 0 Å². The molecular formula is C10H5ClF2N2O3. The molecule has 0 saturated carbocycles. The van der Waals surface area contributed by atoms with Crippen molar-refractivity contribution in [1.29, 1.82) is 0 Å². The summed E-state index contributed by atoms with van der Waals surface area (Å²) in [6, 6.07) is 1.51. The van der Waals surface area contributed by atoms with Crippen molar-refractivity contribution < 1.29 is 18.1 Å². The number of aromatic nitrogens is 1. The first kappa shape index (κ1) is 12.4. The number of nitro benzene ring substituents is 1. The number of nitro groups is 1. The maximum atomic E-state index is 13.8.